The average Bonchev–Trinajstić information content (AvgIpc) is 2.32. The highest BCUT2D eigenvalue weighted by molar-refractivity contribution is 6.30. The second-order valence-corrected chi connectivity index (χ2v) is 4.21. The van der Waals surface area contributed by atoms with Crippen molar-refractivity contribution in [3.63, 3.8) is 0 Å². The molecule has 0 bridgehead atoms. The predicted molar refractivity (Wildman–Crippen MR) is 69.3 cm³/mol. The van der Waals surface area contributed by atoms with Gasteiger partial charge in [0, 0.05) is 12.1 Å². The van der Waals surface area contributed by atoms with E-state index in [1.54, 1.807) is 19.2 Å². The van der Waals surface area contributed by atoms with Crippen LogP contribution in [-0.4, -0.2) is 26.3 Å². The summed E-state index contributed by atoms with van der Waals surface area (Å²) in [5.74, 6) is 0. The standard InChI is InChI=1S/C12H17ClN2O3/c1-8(14-12(16)15-18-3)11(17-2)9-4-6-10(13)7-5-9/h4-8,11H,1-3H3,(H2,14,15,16)/t8-,11-/m1/s1. The van der Waals surface area contributed by atoms with Crippen molar-refractivity contribution < 1.29 is 14.4 Å². The molecular formula is C12H17ClN2O3. The van der Waals surface area contributed by atoms with Gasteiger partial charge in [-0.1, -0.05) is 23.7 Å². The summed E-state index contributed by atoms with van der Waals surface area (Å²) in [7, 11) is 2.96. The maximum atomic E-state index is 11.3. The highest BCUT2D eigenvalue weighted by Gasteiger charge is 2.20. The Morgan fingerprint density at radius 3 is 2.39 bits per heavy atom. The molecule has 2 atom stereocenters. The van der Waals surface area contributed by atoms with E-state index < -0.39 is 6.03 Å². The van der Waals surface area contributed by atoms with Gasteiger partial charge in [0.1, 0.15) is 6.10 Å². The van der Waals surface area contributed by atoms with Crippen molar-refractivity contribution in [1.82, 2.24) is 10.8 Å². The van der Waals surface area contributed by atoms with E-state index in [-0.39, 0.29) is 12.1 Å². The number of hydroxylamine groups is 1. The van der Waals surface area contributed by atoms with Crippen molar-refractivity contribution in [3.8, 4) is 0 Å². The Balaban J connectivity index is 2.70. The van der Waals surface area contributed by atoms with E-state index in [0.29, 0.717) is 5.02 Å². The molecule has 0 aliphatic carbocycles. The molecule has 0 aliphatic rings. The molecule has 6 heteroatoms. The molecule has 0 saturated carbocycles. The summed E-state index contributed by atoms with van der Waals surface area (Å²) < 4.78 is 5.39. The molecule has 1 rings (SSSR count). The normalized spacial score (nSPS) is 13.8. The monoisotopic (exact) mass is 272 g/mol. The van der Waals surface area contributed by atoms with Crippen LogP contribution >= 0.6 is 11.6 Å². The number of rotatable bonds is 5. The smallest absolute Gasteiger partial charge is 0.339 e. The van der Waals surface area contributed by atoms with Gasteiger partial charge in [-0.3, -0.25) is 4.84 Å². The van der Waals surface area contributed by atoms with E-state index in [0.717, 1.165) is 5.56 Å². The van der Waals surface area contributed by atoms with E-state index in [1.165, 1.54) is 7.11 Å². The third-order valence-corrected chi connectivity index (χ3v) is 2.71. The van der Waals surface area contributed by atoms with Gasteiger partial charge in [-0.25, -0.2) is 10.3 Å². The lowest BCUT2D eigenvalue weighted by atomic mass is 10.0. The van der Waals surface area contributed by atoms with Crippen LogP contribution in [0.15, 0.2) is 24.3 Å². The third kappa shape index (κ3) is 4.18. The lowest BCUT2D eigenvalue weighted by Gasteiger charge is -2.24. The molecule has 0 heterocycles. The first-order valence-electron chi connectivity index (χ1n) is 5.46. The minimum absolute atomic E-state index is 0.216. The molecule has 0 aliphatic heterocycles. The number of amides is 2. The van der Waals surface area contributed by atoms with Crippen molar-refractivity contribution in [2.75, 3.05) is 14.2 Å². The molecule has 100 valence electrons. The van der Waals surface area contributed by atoms with Gasteiger partial charge in [0.2, 0.25) is 0 Å². The topological polar surface area (TPSA) is 59.6 Å². The Bertz CT molecular complexity index is 383. The number of urea groups is 1. The molecule has 0 spiro atoms. The summed E-state index contributed by atoms with van der Waals surface area (Å²) in [6.07, 6.45) is -0.259. The minimum Gasteiger partial charge on any atom is -0.375 e. The van der Waals surface area contributed by atoms with Crippen LogP contribution in [0, 0.1) is 0 Å². The fourth-order valence-corrected chi connectivity index (χ4v) is 1.81. The molecule has 1 aromatic carbocycles. The molecule has 1 aromatic rings. The van der Waals surface area contributed by atoms with E-state index in [2.05, 4.69) is 15.6 Å². The summed E-state index contributed by atoms with van der Waals surface area (Å²) in [4.78, 5) is 15.9. The van der Waals surface area contributed by atoms with Crippen LogP contribution in [0.2, 0.25) is 5.02 Å². The fourth-order valence-electron chi connectivity index (χ4n) is 1.69. The Morgan fingerprint density at radius 2 is 1.89 bits per heavy atom. The molecule has 2 N–H and O–H groups in total. The quantitative estimate of drug-likeness (QED) is 0.809. The van der Waals surface area contributed by atoms with Crippen LogP contribution in [0.3, 0.4) is 0 Å². The predicted octanol–water partition coefficient (Wildman–Crippen LogP) is 2.28. The summed E-state index contributed by atoms with van der Waals surface area (Å²) in [5, 5.41) is 3.37. The molecule has 0 aromatic heterocycles. The largest absolute Gasteiger partial charge is 0.375 e. The number of benzene rings is 1. The van der Waals surface area contributed by atoms with Crippen molar-refractivity contribution in [2.24, 2.45) is 0 Å². The van der Waals surface area contributed by atoms with Crippen molar-refractivity contribution in [1.29, 1.82) is 0 Å². The maximum absolute atomic E-state index is 11.3. The number of methoxy groups -OCH3 is 1. The third-order valence-electron chi connectivity index (χ3n) is 2.46. The Hall–Kier alpha value is -1.30. The summed E-state index contributed by atoms with van der Waals surface area (Å²) >= 11 is 5.83. The van der Waals surface area contributed by atoms with Crippen LogP contribution in [0.4, 0.5) is 4.79 Å². The van der Waals surface area contributed by atoms with Crippen LogP contribution in [-0.2, 0) is 9.57 Å². The molecular weight excluding hydrogens is 256 g/mol. The number of carbonyl (C=O) groups is 1. The van der Waals surface area contributed by atoms with Gasteiger partial charge >= 0.3 is 6.03 Å². The molecule has 0 unspecified atom stereocenters. The SMILES string of the molecule is CONC(=O)N[C@H](C)[C@@H](OC)c1ccc(Cl)cc1. The highest BCUT2D eigenvalue weighted by Crippen LogP contribution is 2.22. The second kappa shape index (κ2) is 7.20. The van der Waals surface area contributed by atoms with Crippen molar-refractivity contribution in [3.05, 3.63) is 34.9 Å². The van der Waals surface area contributed by atoms with Gasteiger partial charge in [-0.05, 0) is 24.6 Å². The van der Waals surface area contributed by atoms with Crippen LogP contribution < -0.4 is 10.8 Å². The number of hydrogen-bond donors (Lipinski definition) is 2. The lowest BCUT2D eigenvalue weighted by Crippen LogP contribution is -2.43. The molecule has 0 fully saturated rings. The van der Waals surface area contributed by atoms with Gasteiger partial charge in [0.05, 0.1) is 13.2 Å². The summed E-state index contributed by atoms with van der Waals surface area (Å²) in [6.45, 7) is 1.85. The zero-order valence-electron chi connectivity index (χ0n) is 10.6. The van der Waals surface area contributed by atoms with Crippen LogP contribution in [0.1, 0.15) is 18.6 Å². The van der Waals surface area contributed by atoms with Gasteiger partial charge in [-0.15, -0.1) is 0 Å². The first-order valence-corrected chi connectivity index (χ1v) is 5.84. The first kappa shape index (κ1) is 14.8. The number of carbonyl (C=O) groups excluding carboxylic acids is 1. The van der Waals surface area contributed by atoms with Gasteiger partial charge < -0.3 is 10.1 Å². The molecule has 2 amide bonds. The van der Waals surface area contributed by atoms with Gasteiger partial charge in [0.15, 0.2) is 0 Å². The summed E-state index contributed by atoms with van der Waals surface area (Å²) in [6, 6.07) is 6.66. The zero-order chi connectivity index (χ0) is 13.5. The first-order chi connectivity index (χ1) is 8.58. The van der Waals surface area contributed by atoms with E-state index in [9.17, 15) is 4.79 Å². The average molecular weight is 273 g/mol. The highest BCUT2D eigenvalue weighted by atomic mass is 35.5. The van der Waals surface area contributed by atoms with E-state index in [1.807, 2.05) is 19.1 Å². The van der Waals surface area contributed by atoms with Crippen molar-refractivity contribution >= 4 is 17.6 Å². The number of nitrogens with one attached hydrogen (secondary N) is 2. The van der Waals surface area contributed by atoms with Gasteiger partial charge in [-0.2, -0.15) is 0 Å². The zero-order valence-corrected chi connectivity index (χ0v) is 11.3. The number of hydrogen-bond acceptors (Lipinski definition) is 3. The maximum Gasteiger partial charge on any atom is 0.339 e. The van der Waals surface area contributed by atoms with Gasteiger partial charge in [0.25, 0.3) is 0 Å². The Morgan fingerprint density at radius 1 is 1.28 bits per heavy atom. The van der Waals surface area contributed by atoms with E-state index in [4.69, 9.17) is 16.3 Å². The Labute approximate surface area is 111 Å². The molecule has 5 nitrogen and oxygen atoms in total. The molecule has 18 heavy (non-hydrogen) atoms. The lowest BCUT2D eigenvalue weighted by molar-refractivity contribution is 0.0676. The molecule has 0 saturated heterocycles. The Kier molecular flexibility index (Phi) is 5.91. The van der Waals surface area contributed by atoms with Crippen LogP contribution in [0.5, 0.6) is 0 Å². The van der Waals surface area contributed by atoms with E-state index >= 15 is 0 Å². The van der Waals surface area contributed by atoms with Crippen LogP contribution in [0.25, 0.3) is 0 Å². The van der Waals surface area contributed by atoms with Crippen molar-refractivity contribution in [2.45, 2.75) is 19.1 Å². The minimum atomic E-state index is -0.416. The summed E-state index contributed by atoms with van der Waals surface area (Å²) in [5.41, 5.74) is 3.13. The molecule has 0 radical (unpaired) electrons. The second-order valence-electron chi connectivity index (χ2n) is 3.78. The number of ether oxygens (including phenoxy) is 1. The fraction of sp³-hybridized carbons (Fsp3) is 0.417. The number of halogens is 1.